The molecule has 4 aliphatic rings. The molecule has 3 heteroatoms. The molecule has 0 bridgehead atoms. The van der Waals surface area contributed by atoms with Crippen LogP contribution < -0.4 is 0 Å². The van der Waals surface area contributed by atoms with Crippen LogP contribution >= 0.6 is 0 Å². The van der Waals surface area contributed by atoms with Gasteiger partial charge in [-0.25, -0.2) is 4.39 Å². The van der Waals surface area contributed by atoms with Crippen molar-refractivity contribution in [3.63, 3.8) is 0 Å². The molecule has 1 saturated heterocycles. The molecule has 1 aliphatic heterocycles. The SMILES string of the molecule is CCCC(O)C1CCC(C2CCC(c3ccc(-c4ccc(C5CCC(C6CO6)CC5)cc4F)cc3)CC2)CC1. The minimum Gasteiger partial charge on any atom is -0.393 e. The lowest BCUT2D eigenvalue weighted by Gasteiger charge is -2.39. The molecule has 1 N–H and O–H groups in total. The van der Waals surface area contributed by atoms with E-state index in [1.807, 2.05) is 6.07 Å². The van der Waals surface area contributed by atoms with Gasteiger partial charge in [0.05, 0.1) is 18.8 Å². The Morgan fingerprint density at radius 3 is 1.85 bits per heavy atom. The molecule has 0 amide bonds. The molecule has 2 aromatic carbocycles. The maximum Gasteiger partial charge on any atom is 0.131 e. The Labute approximate surface area is 235 Å². The van der Waals surface area contributed by atoms with Crippen LogP contribution in [0.15, 0.2) is 42.5 Å². The van der Waals surface area contributed by atoms with Crippen LogP contribution in [-0.4, -0.2) is 23.9 Å². The number of halogens is 1. The normalized spacial score (nSPS) is 34.0. The van der Waals surface area contributed by atoms with E-state index in [1.165, 1.54) is 75.3 Å². The van der Waals surface area contributed by atoms with Crippen molar-refractivity contribution < 1.29 is 14.2 Å². The predicted octanol–water partition coefficient (Wildman–Crippen LogP) is 9.41. The summed E-state index contributed by atoms with van der Waals surface area (Å²) in [6, 6.07) is 14.8. The second-order valence-corrected chi connectivity index (χ2v) is 13.5. The highest BCUT2D eigenvalue weighted by Gasteiger charge is 2.36. The van der Waals surface area contributed by atoms with Gasteiger partial charge in [0, 0.05) is 5.56 Å². The minimum atomic E-state index is -0.0784. The summed E-state index contributed by atoms with van der Waals surface area (Å²) >= 11 is 0. The van der Waals surface area contributed by atoms with Crippen molar-refractivity contribution in [1.29, 1.82) is 0 Å². The summed E-state index contributed by atoms with van der Waals surface area (Å²) in [6.45, 7) is 3.12. The Morgan fingerprint density at radius 2 is 1.28 bits per heavy atom. The van der Waals surface area contributed by atoms with E-state index in [0.29, 0.717) is 23.9 Å². The van der Waals surface area contributed by atoms with E-state index in [9.17, 15) is 5.11 Å². The molecule has 212 valence electrons. The van der Waals surface area contributed by atoms with Crippen molar-refractivity contribution in [2.75, 3.05) is 6.61 Å². The molecule has 0 radical (unpaired) electrons. The number of ether oxygens (including phenoxy) is 1. The monoisotopic (exact) mass is 532 g/mol. The highest BCUT2D eigenvalue weighted by atomic mass is 19.1. The summed E-state index contributed by atoms with van der Waals surface area (Å²) < 4.78 is 20.8. The van der Waals surface area contributed by atoms with E-state index < -0.39 is 0 Å². The summed E-state index contributed by atoms with van der Waals surface area (Å²) in [5.74, 6) is 4.06. The second kappa shape index (κ2) is 12.4. The number of aliphatic hydroxyl groups is 1. The van der Waals surface area contributed by atoms with Gasteiger partial charge >= 0.3 is 0 Å². The Bertz CT molecular complexity index is 1050. The van der Waals surface area contributed by atoms with Crippen molar-refractivity contribution in [2.45, 2.75) is 121 Å². The molecule has 2 nitrogen and oxygen atoms in total. The largest absolute Gasteiger partial charge is 0.393 e. The zero-order chi connectivity index (χ0) is 26.8. The van der Waals surface area contributed by atoms with E-state index in [2.05, 4.69) is 37.3 Å². The van der Waals surface area contributed by atoms with E-state index in [1.54, 1.807) is 6.07 Å². The van der Waals surface area contributed by atoms with Crippen LogP contribution in [0.2, 0.25) is 0 Å². The molecule has 4 fully saturated rings. The second-order valence-electron chi connectivity index (χ2n) is 13.5. The van der Waals surface area contributed by atoms with Gasteiger partial charge in [0.2, 0.25) is 0 Å². The van der Waals surface area contributed by atoms with E-state index >= 15 is 4.39 Å². The summed E-state index contributed by atoms with van der Waals surface area (Å²) in [4.78, 5) is 0. The number of benzene rings is 2. The molecule has 39 heavy (non-hydrogen) atoms. The lowest BCUT2D eigenvalue weighted by molar-refractivity contribution is 0.0529. The Hall–Kier alpha value is -1.71. The molecule has 0 spiro atoms. The lowest BCUT2D eigenvalue weighted by Crippen LogP contribution is -2.30. The Balaban J connectivity index is 1.00. The van der Waals surface area contributed by atoms with Crippen LogP contribution in [-0.2, 0) is 4.74 Å². The zero-order valence-electron chi connectivity index (χ0n) is 24.0. The highest BCUT2D eigenvalue weighted by molar-refractivity contribution is 5.65. The first-order chi connectivity index (χ1) is 19.1. The van der Waals surface area contributed by atoms with Gasteiger partial charge in [-0.2, -0.15) is 0 Å². The van der Waals surface area contributed by atoms with Crippen LogP contribution in [0.4, 0.5) is 4.39 Å². The first-order valence-corrected chi connectivity index (χ1v) is 16.3. The minimum absolute atomic E-state index is 0.0754. The van der Waals surface area contributed by atoms with Gasteiger partial charge in [0.25, 0.3) is 0 Å². The number of epoxide rings is 1. The number of rotatable bonds is 8. The molecule has 3 aliphatic carbocycles. The van der Waals surface area contributed by atoms with Gasteiger partial charge in [0.15, 0.2) is 0 Å². The van der Waals surface area contributed by atoms with Gasteiger partial charge in [-0.15, -0.1) is 0 Å². The van der Waals surface area contributed by atoms with E-state index in [-0.39, 0.29) is 11.9 Å². The van der Waals surface area contributed by atoms with Gasteiger partial charge in [0.1, 0.15) is 5.82 Å². The fourth-order valence-electron chi connectivity index (χ4n) is 8.56. The average molecular weight is 533 g/mol. The van der Waals surface area contributed by atoms with Gasteiger partial charge < -0.3 is 9.84 Å². The fraction of sp³-hybridized carbons (Fsp3) is 0.667. The Kier molecular flexibility index (Phi) is 8.75. The van der Waals surface area contributed by atoms with Crippen molar-refractivity contribution in [2.24, 2.45) is 23.7 Å². The molecule has 6 rings (SSSR count). The lowest BCUT2D eigenvalue weighted by atomic mass is 9.67. The van der Waals surface area contributed by atoms with Crippen LogP contribution in [0.5, 0.6) is 0 Å². The maximum atomic E-state index is 15.3. The first-order valence-electron chi connectivity index (χ1n) is 16.3. The van der Waals surface area contributed by atoms with Gasteiger partial charge in [-0.05, 0) is 142 Å². The third-order valence-corrected chi connectivity index (χ3v) is 11.2. The van der Waals surface area contributed by atoms with Crippen LogP contribution in [0.25, 0.3) is 11.1 Å². The van der Waals surface area contributed by atoms with Crippen molar-refractivity contribution in [3.8, 4) is 11.1 Å². The predicted molar refractivity (Wildman–Crippen MR) is 157 cm³/mol. The molecule has 1 heterocycles. The van der Waals surface area contributed by atoms with E-state index in [0.717, 1.165) is 61.2 Å². The molecule has 2 aromatic rings. The van der Waals surface area contributed by atoms with Crippen molar-refractivity contribution >= 4 is 0 Å². The molecule has 2 unspecified atom stereocenters. The fourth-order valence-corrected chi connectivity index (χ4v) is 8.56. The molecule has 2 atom stereocenters. The number of hydrogen-bond donors (Lipinski definition) is 1. The van der Waals surface area contributed by atoms with Crippen LogP contribution in [0.3, 0.4) is 0 Å². The molecular formula is C36H49FO2. The standard InChI is InChI=1S/C36H49FO2/c1-2-3-35(38)30-16-10-27(11-17-30)25-6-4-24(5-7-25)26-8-14-29(15-9-26)33-21-20-32(22-34(33)37)28-12-18-31(19-13-28)36-23-39-36/h8-9,14-15,20-22,24-25,27-28,30-31,35-36,38H,2-7,10-13,16-19,23H2,1H3. The third-order valence-electron chi connectivity index (χ3n) is 11.2. The van der Waals surface area contributed by atoms with E-state index in [4.69, 9.17) is 4.74 Å². The third kappa shape index (κ3) is 6.46. The molecule has 3 saturated carbocycles. The zero-order valence-corrected chi connectivity index (χ0v) is 24.0. The molecule has 0 aromatic heterocycles. The van der Waals surface area contributed by atoms with Crippen molar-refractivity contribution in [3.05, 3.63) is 59.4 Å². The van der Waals surface area contributed by atoms with Crippen LogP contribution in [0, 0.1) is 29.5 Å². The first kappa shape index (κ1) is 27.5. The maximum absolute atomic E-state index is 15.3. The Morgan fingerprint density at radius 1 is 0.744 bits per heavy atom. The van der Waals surface area contributed by atoms with Gasteiger partial charge in [-0.3, -0.25) is 0 Å². The smallest absolute Gasteiger partial charge is 0.131 e. The number of aliphatic hydroxyl groups excluding tert-OH is 1. The number of hydrogen-bond acceptors (Lipinski definition) is 2. The summed E-state index contributed by atoms with van der Waals surface area (Å²) in [5, 5.41) is 10.4. The molecular weight excluding hydrogens is 483 g/mol. The summed E-state index contributed by atoms with van der Waals surface area (Å²) in [6.07, 6.45) is 17.5. The average Bonchev–Trinajstić information content (AvgIpc) is 3.84. The topological polar surface area (TPSA) is 32.8 Å². The van der Waals surface area contributed by atoms with Crippen LogP contribution in [0.1, 0.15) is 120 Å². The summed E-state index contributed by atoms with van der Waals surface area (Å²) in [5.41, 5.74) is 4.32. The van der Waals surface area contributed by atoms with Crippen molar-refractivity contribution in [1.82, 2.24) is 0 Å². The summed E-state index contributed by atoms with van der Waals surface area (Å²) in [7, 11) is 0. The quantitative estimate of drug-likeness (QED) is 0.344. The highest BCUT2D eigenvalue weighted by Crippen LogP contribution is 2.45. The van der Waals surface area contributed by atoms with Gasteiger partial charge in [-0.1, -0.05) is 49.7 Å².